The molecule has 29 heavy (non-hydrogen) atoms. The van der Waals surface area contributed by atoms with Gasteiger partial charge in [0.25, 0.3) is 0 Å². The highest BCUT2D eigenvalue weighted by molar-refractivity contribution is 6.24. The van der Waals surface area contributed by atoms with Gasteiger partial charge in [-0.2, -0.15) is 0 Å². The van der Waals surface area contributed by atoms with Crippen LogP contribution >= 0.6 is 0 Å². The van der Waals surface area contributed by atoms with Crippen molar-refractivity contribution in [3.63, 3.8) is 0 Å². The highest BCUT2D eigenvalue weighted by atomic mass is 16.5. The quantitative estimate of drug-likeness (QED) is 0.666. The van der Waals surface area contributed by atoms with Crippen LogP contribution < -0.4 is 9.64 Å². The van der Waals surface area contributed by atoms with Crippen molar-refractivity contribution < 1.29 is 14.3 Å². The Morgan fingerprint density at radius 3 is 2.76 bits per heavy atom. The highest BCUT2D eigenvalue weighted by Crippen LogP contribution is 2.58. The van der Waals surface area contributed by atoms with Crippen LogP contribution in [0.3, 0.4) is 0 Å². The molecule has 2 heterocycles. The minimum atomic E-state index is -0.421. The van der Waals surface area contributed by atoms with Gasteiger partial charge in [0.15, 0.2) is 0 Å². The lowest BCUT2D eigenvalue weighted by Gasteiger charge is -2.33. The predicted molar refractivity (Wildman–Crippen MR) is 110 cm³/mol. The van der Waals surface area contributed by atoms with E-state index in [-0.39, 0.29) is 23.7 Å². The number of benzene rings is 2. The van der Waals surface area contributed by atoms with Crippen molar-refractivity contribution in [3.05, 3.63) is 59.8 Å². The summed E-state index contributed by atoms with van der Waals surface area (Å²) in [6, 6.07) is 15.5. The number of para-hydroxylation sites is 1. The Hall–Kier alpha value is -3.08. The third kappa shape index (κ3) is 2.16. The van der Waals surface area contributed by atoms with Crippen LogP contribution in [-0.4, -0.2) is 23.9 Å². The summed E-state index contributed by atoms with van der Waals surface area (Å²) in [4.78, 5) is 32.1. The van der Waals surface area contributed by atoms with Crippen LogP contribution in [0, 0.1) is 11.8 Å². The molecule has 2 aromatic carbocycles. The van der Waals surface area contributed by atoms with Gasteiger partial charge in [-0.1, -0.05) is 30.7 Å². The maximum atomic E-state index is 13.6. The van der Waals surface area contributed by atoms with E-state index in [2.05, 4.69) is 23.2 Å². The molecule has 1 N–H and O–H groups in total. The van der Waals surface area contributed by atoms with Gasteiger partial charge in [0.1, 0.15) is 5.75 Å². The lowest BCUT2D eigenvalue weighted by Crippen LogP contribution is -2.33. The fraction of sp³-hybridized carbons (Fsp3) is 0.333. The molecule has 6 rings (SSSR count). The molecule has 1 aromatic heterocycles. The Morgan fingerprint density at radius 1 is 1.03 bits per heavy atom. The van der Waals surface area contributed by atoms with Crippen LogP contribution in [0.25, 0.3) is 10.9 Å². The summed E-state index contributed by atoms with van der Waals surface area (Å²) in [7, 11) is 1.59. The Labute approximate surface area is 168 Å². The van der Waals surface area contributed by atoms with Crippen molar-refractivity contribution in [2.75, 3.05) is 12.0 Å². The smallest absolute Gasteiger partial charge is 0.243 e. The second-order valence-electron chi connectivity index (χ2n) is 8.42. The number of nitrogens with one attached hydrogen (secondary N) is 1. The van der Waals surface area contributed by atoms with Crippen molar-refractivity contribution in [2.45, 2.75) is 31.1 Å². The molecule has 146 valence electrons. The molecule has 5 heteroatoms. The number of methoxy groups -OCH3 is 1. The largest absolute Gasteiger partial charge is 0.497 e. The van der Waals surface area contributed by atoms with Crippen LogP contribution in [0.15, 0.2) is 48.5 Å². The second kappa shape index (κ2) is 5.96. The predicted octanol–water partition coefficient (Wildman–Crippen LogP) is 4.35. The van der Waals surface area contributed by atoms with E-state index in [1.807, 2.05) is 24.3 Å². The van der Waals surface area contributed by atoms with Crippen LogP contribution in [0.2, 0.25) is 0 Å². The molecule has 5 nitrogen and oxygen atoms in total. The first-order valence-electron chi connectivity index (χ1n) is 10.3. The second-order valence-corrected chi connectivity index (χ2v) is 8.42. The number of imide groups is 1. The maximum Gasteiger partial charge on any atom is 0.243 e. The summed E-state index contributed by atoms with van der Waals surface area (Å²) in [5.41, 5.74) is 3.89. The summed E-state index contributed by atoms with van der Waals surface area (Å²) in [6.45, 7) is 0. The van der Waals surface area contributed by atoms with E-state index in [4.69, 9.17) is 4.74 Å². The summed E-state index contributed by atoms with van der Waals surface area (Å²) < 4.78 is 5.31. The van der Waals surface area contributed by atoms with E-state index in [1.165, 1.54) is 15.8 Å². The average molecular weight is 386 g/mol. The molecular weight excluding hydrogens is 364 g/mol. The van der Waals surface area contributed by atoms with Gasteiger partial charge in [-0.3, -0.25) is 9.59 Å². The van der Waals surface area contributed by atoms with Crippen molar-refractivity contribution in [3.8, 4) is 5.75 Å². The Kier molecular flexibility index (Phi) is 3.46. The maximum absolute atomic E-state index is 13.6. The van der Waals surface area contributed by atoms with Gasteiger partial charge in [0.2, 0.25) is 11.8 Å². The molecule has 3 aromatic rings. The standard InChI is InChI=1S/C24H22N2O3/c1-29-14-7-4-6-13(12-14)26-23(27)20-16-10-5-9-15(16)19-17-8-2-3-11-18(17)25-22(19)21(20)24(26)28/h2-4,6-8,11-12,15-16,20-21,25H,5,9-10H2,1H3/t15-,16+,20+,21-/m1/s1. The number of hydrogen-bond donors (Lipinski definition) is 1. The third-order valence-electron chi connectivity index (χ3n) is 7.15. The summed E-state index contributed by atoms with van der Waals surface area (Å²) in [6.07, 6.45) is 3.21. The first-order valence-corrected chi connectivity index (χ1v) is 10.3. The minimum absolute atomic E-state index is 0.0607. The number of amides is 2. The number of nitrogens with zero attached hydrogens (tertiary/aromatic N) is 1. The van der Waals surface area contributed by atoms with E-state index in [0.717, 1.165) is 30.5 Å². The van der Waals surface area contributed by atoms with Gasteiger partial charge in [0.05, 0.1) is 24.6 Å². The number of ether oxygens (including phenoxy) is 1. The number of aromatic amines is 1. The fourth-order valence-corrected chi connectivity index (χ4v) is 6.04. The normalized spacial score (nSPS) is 27.8. The number of fused-ring (bicyclic) bond motifs is 8. The summed E-state index contributed by atoms with van der Waals surface area (Å²) in [5, 5.41) is 1.21. The monoisotopic (exact) mass is 386 g/mol. The zero-order valence-corrected chi connectivity index (χ0v) is 16.2. The van der Waals surface area contributed by atoms with E-state index in [9.17, 15) is 9.59 Å². The average Bonchev–Trinajstić information content (AvgIpc) is 3.42. The van der Waals surface area contributed by atoms with E-state index >= 15 is 0 Å². The third-order valence-corrected chi connectivity index (χ3v) is 7.15. The topological polar surface area (TPSA) is 62.4 Å². The molecule has 0 bridgehead atoms. The zero-order valence-electron chi connectivity index (χ0n) is 16.2. The highest BCUT2D eigenvalue weighted by Gasteiger charge is 2.59. The summed E-state index contributed by atoms with van der Waals surface area (Å²) in [5.74, 6) is 0.351. The summed E-state index contributed by atoms with van der Waals surface area (Å²) >= 11 is 0. The molecule has 2 fully saturated rings. The van der Waals surface area contributed by atoms with Crippen molar-refractivity contribution in [2.24, 2.45) is 11.8 Å². The first-order chi connectivity index (χ1) is 14.2. The van der Waals surface area contributed by atoms with Gasteiger partial charge >= 0.3 is 0 Å². The molecule has 2 amide bonds. The fourth-order valence-electron chi connectivity index (χ4n) is 6.04. The number of anilines is 1. The number of carbonyl (C=O) groups is 2. The SMILES string of the molecule is COc1cccc(N2C(=O)[C@H]3[C@H]4CCC[C@H]4c4c([nH]c5ccccc45)[C@@H]3C2=O)c1. The number of hydrogen-bond acceptors (Lipinski definition) is 3. The van der Waals surface area contributed by atoms with E-state index < -0.39 is 5.92 Å². The molecular formula is C24H22N2O3. The van der Waals surface area contributed by atoms with Crippen LogP contribution in [0.5, 0.6) is 5.75 Å². The molecule has 1 saturated carbocycles. The Balaban J connectivity index is 1.54. The molecule has 4 atom stereocenters. The van der Waals surface area contributed by atoms with Crippen LogP contribution in [0.4, 0.5) is 5.69 Å². The number of rotatable bonds is 2. The number of aromatic nitrogens is 1. The molecule has 2 aliphatic carbocycles. The molecule has 0 radical (unpaired) electrons. The molecule has 1 saturated heterocycles. The first kappa shape index (κ1) is 16.8. The van der Waals surface area contributed by atoms with Crippen LogP contribution in [0.1, 0.15) is 42.4 Å². The van der Waals surface area contributed by atoms with Gasteiger partial charge in [-0.15, -0.1) is 0 Å². The van der Waals surface area contributed by atoms with Crippen molar-refractivity contribution in [1.29, 1.82) is 0 Å². The Bertz CT molecular complexity index is 1160. The molecule has 3 aliphatic rings. The van der Waals surface area contributed by atoms with Gasteiger partial charge in [0, 0.05) is 22.7 Å². The number of carbonyl (C=O) groups excluding carboxylic acids is 2. The number of H-pyrrole nitrogens is 1. The minimum Gasteiger partial charge on any atom is -0.497 e. The Morgan fingerprint density at radius 2 is 1.90 bits per heavy atom. The van der Waals surface area contributed by atoms with Gasteiger partial charge in [-0.25, -0.2) is 4.90 Å². The molecule has 1 aliphatic heterocycles. The lowest BCUT2D eigenvalue weighted by molar-refractivity contribution is -0.123. The van der Waals surface area contributed by atoms with E-state index in [0.29, 0.717) is 17.4 Å². The van der Waals surface area contributed by atoms with Gasteiger partial charge < -0.3 is 9.72 Å². The van der Waals surface area contributed by atoms with Crippen LogP contribution in [-0.2, 0) is 9.59 Å². The van der Waals surface area contributed by atoms with E-state index in [1.54, 1.807) is 13.2 Å². The molecule has 0 spiro atoms. The lowest BCUT2D eigenvalue weighted by atomic mass is 9.67. The molecule has 0 unspecified atom stereocenters. The van der Waals surface area contributed by atoms with Gasteiger partial charge in [-0.05, 0) is 48.4 Å². The van der Waals surface area contributed by atoms with Crippen molar-refractivity contribution in [1.82, 2.24) is 4.98 Å². The zero-order chi connectivity index (χ0) is 19.7. The van der Waals surface area contributed by atoms with Crippen molar-refractivity contribution >= 4 is 28.4 Å².